The minimum atomic E-state index is -3.97. The molecule has 0 radical (unpaired) electrons. The second kappa shape index (κ2) is 12.3. The van der Waals surface area contributed by atoms with E-state index in [2.05, 4.69) is 0 Å². The zero-order chi connectivity index (χ0) is 28.3. The van der Waals surface area contributed by atoms with Gasteiger partial charge in [0.05, 0.1) is 35.0 Å². The highest BCUT2D eigenvalue weighted by atomic mass is 31.2. The molecule has 0 N–H and O–H groups in total. The highest BCUT2D eigenvalue weighted by molar-refractivity contribution is 7.76. The van der Waals surface area contributed by atoms with Crippen LogP contribution in [0.3, 0.4) is 0 Å². The highest BCUT2D eigenvalue weighted by Gasteiger charge is 2.57. The Balaban J connectivity index is 3.28. The third kappa shape index (κ3) is 5.22. The summed E-state index contributed by atoms with van der Waals surface area (Å²) in [6.07, 6.45) is 0.852. The molecule has 0 fully saturated rings. The molecule has 2 rings (SSSR count). The van der Waals surface area contributed by atoms with E-state index in [9.17, 15) is 31.4 Å². The maximum atomic E-state index is 15.2. The van der Waals surface area contributed by atoms with Crippen LogP contribution in [0.4, 0.5) is 43.9 Å². The molecule has 0 atom stereocenters. The molecule has 0 aliphatic carbocycles. The fraction of sp³-hybridized carbons (Fsp3) is 0.520. The molecule has 208 valence electrons. The minimum Gasteiger partial charge on any atom is -0.811 e. The first-order valence-corrected chi connectivity index (χ1v) is 14.2. The zero-order valence-corrected chi connectivity index (χ0v) is 21.4. The Labute approximate surface area is 209 Å². The fourth-order valence-corrected chi connectivity index (χ4v) is 10.3. The molecule has 0 aromatic heterocycles. The normalized spacial score (nSPS) is 12.5. The molecule has 0 spiro atoms. The summed E-state index contributed by atoms with van der Waals surface area (Å²) in [4.78, 5) is 0. The summed E-state index contributed by atoms with van der Waals surface area (Å²) in [5.74, 6) is -26.1. The van der Waals surface area contributed by atoms with Gasteiger partial charge in [-0.3, -0.25) is 0 Å². The molecule has 0 saturated carbocycles. The molecule has 12 heteroatoms. The van der Waals surface area contributed by atoms with Crippen LogP contribution in [0.25, 0.3) is 0 Å². The molecular weight excluding hydrogens is 537 g/mol. The maximum Gasteiger partial charge on any atom is 0.200 e. The number of rotatable bonds is 12. The molecule has 0 saturated heterocycles. The second-order valence-corrected chi connectivity index (χ2v) is 13.2. The van der Waals surface area contributed by atoms with Crippen molar-refractivity contribution in [3.63, 3.8) is 0 Å². The number of hydrogen-bond donors (Lipinski definition) is 0. The monoisotopic (exact) mass is 564 g/mol. The van der Waals surface area contributed by atoms with E-state index < -0.39 is 81.9 Å². The van der Waals surface area contributed by atoms with Gasteiger partial charge < -0.3 is 5.11 Å². The Morgan fingerprint density at radius 2 is 0.676 bits per heavy atom. The fourth-order valence-electron chi connectivity index (χ4n) is 4.59. The Kier molecular flexibility index (Phi) is 10.4. The maximum absolute atomic E-state index is 15.2. The van der Waals surface area contributed by atoms with E-state index in [-0.39, 0.29) is 37.7 Å². The van der Waals surface area contributed by atoms with Crippen LogP contribution in [0.15, 0.2) is 0 Å². The molecule has 1 nitrogen and oxygen atoms in total. The Morgan fingerprint density at radius 3 is 0.892 bits per heavy atom. The lowest BCUT2D eigenvalue weighted by Gasteiger charge is -2.51. The van der Waals surface area contributed by atoms with Gasteiger partial charge in [0.25, 0.3) is 0 Å². The van der Waals surface area contributed by atoms with Crippen LogP contribution in [0, 0.1) is 58.2 Å². The van der Waals surface area contributed by atoms with E-state index in [1.54, 1.807) is 20.8 Å². The van der Waals surface area contributed by atoms with E-state index in [1.807, 2.05) is 0 Å². The molecule has 0 unspecified atom stereocenters. The van der Waals surface area contributed by atoms with Crippen LogP contribution >= 0.6 is 7.26 Å². The summed E-state index contributed by atoms with van der Waals surface area (Å²) in [7, 11) is -3.86. The summed E-state index contributed by atoms with van der Waals surface area (Å²) in [5, 5.41) is 11.0. The van der Waals surface area contributed by atoms with Gasteiger partial charge in [0, 0.05) is 7.26 Å². The standard InChI is InChI=1S/C25H27F10OP/c1-4-7-10-37(11-8-5-2,12-9-6-3)25(36,13-15(26)19(30)23(34)20(31)16(13)27)14-17(28)21(32)24(35)22(33)18(14)29/h4-12H2,1-3H3. The highest BCUT2D eigenvalue weighted by Crippen LogP contribution is 2.75. The van der Waals surface area contributed by atoms with Crippen molar-refractivity contribution in [1.82, 2.24) is 0 Å². The van der Waals surface area contributed by atoms with E-state index in [1.165, 1.54) is 0 Å². The van der Waals surface area contributed by atoms with Crippen molar-refractivity contribution in [2.24, 2.45) is 0 Å². The van der Waals surface area contributed by atoms with Gasteiger partial charge in [-0.1, -0.05) is 40.0 Å². The average molecular weight is 564 g/mol. The minimum absolute atomic E-state index is 0.149. The topological polar surface area (TPSA) is 23.1 Å². The lowest BCUT2D eigenvalue weighted by Crippen LogP contribution is -2.50. The molecule has 0 amide bonds. The molecule has 2 aromatic carbocycles. The lowest BCUT2D eigenvalue weighted by molar-refractivity contribution is -0.438. The quantitative estimate of drug-likeness (QED) is 0.111. The van der Waals surface area contributed by atoms with Crippen molar-refractivity contribution >= 4 is 7.26 Å². The van der Waals surface area contributed by atoms with Crippen molar-refractivity contribution in [3.8, 4) is 0 Å². The predicted molar refractivity (Wildman–Crippen MR) is 119 cm³/mol. The summed E-state index contributed by atoms with van der Waals surface area (Å²) in [6.45, 7) is 4.99. The first kappa shape index (κ1) is 31.3. The van der Waals surface area contributed by atoms with Crippen LogP contribution in [-0.4, -0.2) is 18.5 Å². The number of benzene rings is 2. The van der Waals surface area contributed by atoms with Crippen LogP contribution in [0.5, 0.6) is 0 Å². The summed E-state index contributed by atoms with van der Waals surface area (Å²) < 4.78 is 146. The number of halogens is 10. The van der Waals surface area contributed by atoms with Gasteiger partial charge in [-0.25, -0.2) is 43.9 Å². The Morgan fingerprint density at radius 1 is 0.459 bits per heavy atom. The zero-order valence-electron chi connectivity index (χ0n) is 20.5. The van der Waals surface area contributed by atoms with Crippen molar-refractivity contribution in [2.45, 2.75) is 64.6 Å². The molecule has 0 aliphatic heterocycles. The first-order valence-electron chi connectivity index (χ1n) is 11.9. The lowest BCUT2D eigenvalue weighted by atomic mass is 9.97. The Hall–Kier alpha value is -1.87. The molecule has 2 aromatic rings. The van der Waals surface area contributed by atoms with Gasteiger partial charge in [0.2, 0.25) is 11.6 Å². The second-order valence-electron chi connectivity index (χ2n) is 8.91. The smallest absolute Gasteiger partial charge is 0.200 e. The van der Waals surface area contributed by atoms with E-state index in [0.717, 1.165) is 0 Å². The molecule has 0 heterocycles. The summed E-state index contributed by atoms with van der Waals surface area (Å²) in [5.41, 5.74) is -4.24. The summed E-state index contributed by atoms with van der Waals surface area (Å²) in [6, 6.07) is 0. The van der Waals surface area contributed by atoms with Gasteiger partial charge in [0.15, 0.2) is 46.5 Å². The SMILES string of the molecule is CCCC[P+](CCCC)(CCCC)C([O-])(c1c(F)c(F)c(F)c(F)c1F)c1c(F)c(F)c(F)c(F)c1F. The van der Waals surface area contributed by atoms with Crippen LogP contribution in [0.2, 0.25) is 0 Å². The Bertz CT molecular complexity index is 988. The van der Waals surface area contributed by atoms with Crippen LogP contribution in [0.1, 0.15) is 70.4 Å². The largest absolute Gasteiger partial charge is 0.811 e. The molecule has 0 bridgehead atoms. The van der Waals surface area contributed by atoms with E-state index in [0.29, 0.717) is 19.3 Å². The van der Waals surface area contributed by atoms with Crippen LogP contribution < -0.4 is 5.11 Å². The molecule has 0 aliphatic rings. The van der Waals surface area contributed by atoms with E-state index in [4.69, 9.17) is 0 Å². The number of unbranched alkanes of at least 4 members (excludes halogenated alkanes) is 3. The third-order valence-electron chi connectivity index (χ3n) is 6.58. The first-order chi connectivity index (χ1) is 17.3. The number of hydrogen-bond acceptors (Lipinski definition) is 1. The van der Waals surface area contributed by atoms with Gasteiger partial charge in [0.1, 0.15) is 0 Å². The predicted octanol–water partition coefficient (Wildman–Crippen LogP) is 8.06. The van der Waals surface area contributed by atoms with Crippen molar-refractivity contribution < 1.29 is 49.0 Å². The van der Waals surface area contributed by atoms with Crippen molar-refractivity contribution in [2.75, 3.05) is 18.5 Å². The van der Waals surface area contributed by atoms with Gasteiger partial charge in [-0.15, -0.1) is 0 Å². The van der Waals surface area contributed by atoms with Gasteiger partial charge >= 0.3 is 0 Å². The van der Waals surface area contributed by atoms with Gasteiger partial charge in [-0.05, 0) is 19.3 Å². The molecule has 37 heavy (non-hydrogen) atoms. The third-order valence-corrected chi connectivity index (χ3v) is 11.9. The summed E-state index contributed by atoms with van der Waals surface area (Å²) >= 11 is 0. The molecular formula is C25H27F10OP. The van der Waals surface area contributed by atoms with Crippen LogP contribution in [-0.2, 0) is 5.34 Å². The van der Waals surface area contributed by atoms with Gasteiger partial charge in [-0.2, -0.15) is 0 Å². The van der Waals surface area contributed by atoms with Crippen molar-refractivity contribution in [3.05, 3.63) is 69.3 Å². The van der Waals surface area contributed by atoms with E-state index >= 15 is 17.6 Å². The average Bonchev–Trinajstić information content (AvgIpc) is 2.88. The van der Waals surface area contributed by atoms with Crippen molar-refractivity contribution in [1.29, 1.82) is 0 Å².